The van der Waals surface area contributed by atoms with E-state index in [0.29, 0.717) is 89.1 Å². The Bertz CT molecular complexity index is 4820. The van der Waals surface area contributed by atoms with Gasteiger partial charge in [0.2, 0.25) is 35.3 Å². The lowest BCUT2D eigenvalue weighted by atomic mass is 9.93. The van der Waals surface area contributed by atoms with Crippen molar-refractivity contribution < 1.29 is 76.1 Å². The number of aromatic nitrogens is 9. The van der Waals surface area contributed by atoms with Crippen LogP contribution in [0.3, 0.4) is 0 Å². The second kappa shape index (κ2) is 45.2. The van der Waals surface area contributed by atoms with E-state index in [1.165, 1.54) is 55.2 Å². The highest BCUT2D eigenvalue weighted by Gasteiger charge is 2.33. The minimum Gasteiger partial charge on any atom is -0.378 e. The molecule has 11 rings (SSSR count). The Hall–Kier alpha value is -11.3. The predicted molar refractivity (Wildman–Crippen MR) is 444 cm³/mol. The number of ether oxygens (including phenoxy) is 6. The molecule has 9 N–H and O–H groups in total. The van der Waals surface area contributed by atoms with Crippen LogP contribution < -0.4 is 47.9 Å². The van der Waals surface area contributed by atoms with Crippen molar-refractivity contribution in [1.82, 2.24) is 84.2 Å². The van der Waals surface area contributed by atoms with Crippen LogP contribution >= 0.6 is 11.6 Å². The number of nitrogens with zero attached hydrogens (tertiary/aromatic N) is 13. The molecule has 3 aliphatic rings. The van der Waals surface area contributed by atoms with E-state index in [0.717, 1.165) is 105 Å². The molecule has 0 saturated carbocycles. The number of hydrogen-bond acceptors (Lipinski definition) is 24. The maximum absolute atomic E-state index is 13.6. The molecule has 120 heavy (non-hydrogen) atoms. The number of likely N-dealkylation sites (tertiary alicyclic amines) is 1. The van der Waals surface area contributed by atoms with Gasteiger partial charge in [-0.2, -0.15) is 0 Å². The third-order valence-electron chi connectivity index (χ3n) is 20.2. The molecule has 2 fully saturated rings. The maximum Gasteiger partial charge on any atom is 0.291 e. The highest BCUT2D eigenvalue weighted by atomic mass is 35.5. The molecule has 1 atom stereocenters. The summed E-state index contributed by atoms with van der Waals surface area (Å²) in [6.07, 6.45) is 10.7. The smallest absolute Gasteiger partial charge is 0.291 e. The molecule has 8 aromatic rings. The molecular formula is C81H107ClN22O16. The molecule has 0 aliphatic carbocycles. The minimum absolute atomic E-state index is 0.00266. The minimum atomic E-state index is -0.636. The Morgan fingerprint density at radius 1 is 0.475 bits per heavy atom. The van der Waals surface area contributed by atoms with Crippen LogP contribution in [0.15, 0.2) is 107 Å². The standard InChI is InChI=1S/C81H107ClN22O16/c1-54-71-60-9-7-8-10-61(60)72(55-11-13-56(82)14-12-55)91-62(73(71)120-96-54)49-70(108)88-57-18-25-102(26-19-57)32-36-115-40-45-119-46-42-117-38-34-104-30-28-103(29-31-104)33-37-116-41-44-118-43-39-114-35-24-83-67(105)15-20-87-79(111)75-94-65(52-100(75)5)92-68(106)16-21-86-78(110)64-48-59(51-99(64)4)90-81(113)76-95-66(53-101(76)6)93-69(107)17-22-85-77(109)63-47-58(50-98(63)3)89-80(112)74-84-23-27-97(74)2/h7-14,23,27,47-48,50-53,57,62H,15-22,24-26,28-46,49H2,1-6H3,(H,83,105)(H,85,109)(H,86,110)(H,87,111)(H,88,108)(H,89,112)(H,90,113)(H,92,106)(H,93,107)/t62-/m0/s1. The number of benzene rings is 2. The lowest BCUT2D eigenvalue weighted by Crippen LogP contribution is -2.48. The van der Waals surface area contributed by atoms with Crippen molar-refractivity contribution in [3.05, 3.63) is 154 Å². The van der Waals surface area contributed by atoms with Crippen molar-refractivity contribution in [3.8, 4) is 11.1 Å². The number of piperazine rings is 1. The van der Waals surface area contributed by atoms with Crippen molar-refractivity contribution in [1.29, 1.82) is 0 Å². The summed E-state index contributed by atoms with van der Waals surface area (Å²) in [7, 11) is 8.06. The summed E-state index contributed by atoms with van der Waals surface area (Å²) in [5.74, 6) is -3.04. The van der Waals surface area contributed by atoms with E-state index in [1.807, 2.05) is 55.5 Å². The van der Waals surface area contributed by atoms with Crippen LogP contribution in [0.25, 0.3) is 11.1 Å². The Labute approximate surface area is 699 Å². The first-order valence-corrected chi connectivity index (χ1v) is 40.5. The Morgan fingerprint density at radius 2 is 0.942 bits per heavy atom. The van der Waals surface area contributed by atoms with Gasteiger partial charge in [-0.3, -0.25) is 57.9 Å². The van der Waals surface area contributed by atoms with E-state index in [2.05, 4.69) is 82.7 Å². The van der Waals surface area contributed by atoms with E-state index >= 15 is 0 Å². The molecule has 0 bridgehead atoms. The first-order valence-electron chi connectivity index (χ1n) is 40.1. The van der Waals surface area contributed by atoms with Gasteiger partial charge in [-0.15, -0.1) is 0 Å². The van der Waals surface area contributed by atoms with Gasteiger partial charge in [0.1, 0.15) is 17.4 Å². The van der Waals surface area contributed by atoms with Crippen LogP contribution in [0.2, 0.25) is 5.02 Å². The Kier molecular flexibility index (Phi) is 33.7. The fourth-order valence-corrected chi connectivity index (χ4v) is 13.9. The van der Waals surface area contributed by atoms with Gasteiger partial charge < -0.3 is 109 Å². The van der Waals surface area contributed by atoms with Crippen LogP contribution in [0, 0.1) is 6.92 Å². The summed E-state index contributed by atoms with van der Waals surface area (Å²) in [6.45, 7) is 16.1. The van der Waals surface area contributed by atoms with Gasteiger partial charge in [0.15, 0.2) is 23.2 Å². The lowest BCUT2D eigenvalue weighted by Gasteiger charge is -2.34. The number of piperidine rings is 1. The number of imidazole rings is 3. The number of aryl methyl sites for hydroxylation is 6. The summed E-state index contributed by atoms with van der Waals surface area (Å²) >= 11 is 6.25. The van der Waals surface area contributed by atoms with Crippen molar-refractivity contribution in [2.45, 2.75) is 57.5 Å². The number of halogens is 1. The first-order chi connectivity index (χ1) is 58.1. The molecule has 2 aromatic carbocycles. The van der Waals surface area contributed by atoms with Gasteiger partial charge in [-0.25, -0.2) is 15.0 Å². The molecular weight excluding hydrogens is 1570 g/mol. The summed E-state index contributed by atoms with van der Waals surface area (Å²) in [5.41, 5.74) is 6.34. The van der Waals surface area contributed by atoms with Gasteiger partial charge in [-0.1, -0.05) is 53.2 Å². The lowest BCUT2D eigenvalue weighted by molar-refractivity contribution is -0.123. The van der Waals surface area contributed by atoms with Crippen molar-refractivity contribution in [2.75, 3.05) is 186 Å². The third-order valence-corrected chi connectivity index (χ3v) is 20.4. The van der Waals surface area contributed by atoms with E-state index in [4.69, 9.17) is 49.5 Å². The van der Waals surface area contributed by atoms with Gasteiger partial charge >= 0.3 is 0 Å². The number of aliphatic imine (C=N–C) groups is 1. The van der Waals surface area contributed by atoms with Crippen molar-refractivity contribution in [2.24, 2.45) is 40.2 Å². The largest absolute Gasteiger partial charge is 0.378 e. The van der Waals surface area contributed by atoms with Crippen LogP contribution in [0.4, 0.5) is 23.0 Å². The number of carbonyl (C=O) groups is 9. The highest BCUT2D eigenvalue weighted by Crippen LogP contribution is 2.41. The number of anilines is 4. The van der Waals surface area contributed by atoms with E-state index in [9.17, 15) is 43.2 Å². The molecule has 644 valence electrons. The third kappa shape index (κ3) is 26.6. The topological polar surface area (TPSA) is 429 Å². The molecule has 0 unspecified atom stereocenters. The number of carbonyl (C=O) groups excluding carboxylic acids is 9. The zero-order valence-electron chi connectivity index (χ0n) is 68.5. The number of nitrogens with one attached hydrogen (secondary N) is 9. The summed E-state index contributed by atoms with van der Waals surface area (Å²) in [6, 6.07) is 18.1. The van der Waals surface area contributed by atoms with Crippen molar-refractivity contribution in [3.63, 3.8) is 0 Å². The fraction of sp³-hybridized carbons (Fsp3) is 0.481. The molecule has 9 amide bonds. The van der Waals surface area contributed by atoms with Crippen LogP contribution in [-0.4, -0.2) is 287 Å². The summed E-state index contributed by atoms with van der Waals surface area (Å²) in [4.78, 5) is 142. The second-order valence-corrected chi connectivity index (χ2v) is 29.5. The average molecular weight is 1680 g/mol. The van der Waals surface area contributed by atoms with Gasteiger partial charge in [-0.05, 0) is 49.6 Å². The fourth-order valence-electron chi connectivity index (χ4n) is 13.8. The molecule has 39 heteroatoms. The second-order valence-electron chi connectivity index (χ2n) is 29.1. The number of fused-ring (bicyclic) bond motifs is 3. The monoisotopic (exact) mass is 1680 g/mol. The molecule has 3 aliphatic heterocycles. The zero-order valence-corrected chi connectivity index (χ0v) is 69.3. The molecule has 0 radical (unpaired) electrons. The normalized spacial score (nSPS) is 14.5. The van der Waals surface area contributed by atoms with E-state index < -0.39 is 47.4 Å². The predicted octanol–water partition coefficient (Wildman–Crippen LogP) is 3.72. The maximum atomic E-state index is 13.6. The summed E-state index contributed by atoms with van der Waals surface area (Å²) < 4.78 is 47.9. The first kappa shape index (κ1) is 89.5. The van der Waals surface area contributed by atoms with Crippen LogP contribution in [0.1, 0.15) is 120 Å². The average Bonchev–Trinajstić information content (AvgIpc) is 1.61. The van der Waals surface area contributed by atoms with E-state index in [-0.39, 0.29) is 123 Å². The zero-order chi connectivity index (χ0) is 84.9. The Balaban J connectivity index is 0.440. The Morgan fingerprint density at radius 3 is 1.46 bits per heavy atom. The molecule has 0 spiro atoms. The van der Waals surface area contributed by atoms with Crippen LogP contribution in [-0.2, 0) is 82.8 Å². The van der Waals surface area contributed by atoms with Gasteiger partial charge in [0, 0.05) is 199 Å². The number of amides is 9. The molecule has 9 heterocycles. The summed E-state index contributed by atoms with van der Waals surface area (Å²) in [5, 5.41) is 29.6. The quantitative estimate of drug-likeness (QED) is 0.0245. The molecule has 2 saturated heterocycles. The number of rotatable bonds is 46. The molecule has 38 nitrogen and oxygen atoms in total. The van der Waals surface area contributed by atoms with Gasteiger partial charge in [0.05, 0.1) is 114 Å². The SMILES string of the molecule is Cc1noc2c1-c1ccccc1C(c1ccc(Cl)cc1)=N[C@H]2CC(=O)NC1CCN(CCOCCOCCOCCN2CCN(CCOCCOCCOCCNC(=O)CCNC(=O)c3nc(NC(=O)CCNC(=O)c4cc(NC(=O)c5nc(NC(=O)CCNC(=O)c6cc(NC(=O)c7nccn7C)cn6C)cn5C)cn4C)cn3C)CC2)CC1. The highest BCUT2D eigenvalue weighted by molar-refractivity contribution is 6.30. The van der Waals surface area contributed by atoms with Crippen molar-refractivity contribution >= 4 is 93.5 Å². The van der Waals surface area contributed by atoms with Gasteiger partial charge in [0.25, 0.3) is 29.5 Å². The van der Waals surface area contributed by atoms with E-state index in [1.54, 1.807) is 52.2 Å². The molecule has 6 aromatic heterocycles. The number of hydrogen-bond donors (Lipinski definition) is 9. The van der Waals surface area contributed by atoms with Crippen LogP contribution in [0.5, 0.6) is 0 Å².